The zero-order chi connectivity index (χ0) is 18.3. The standard InChI is InChI=1S/C18H17N7O/c1-11-14-15(13-7-4-3-5-8-13)25(12(2)24-10-6-9-20-24)23-17(14)22-18(21-11)16(19)26/h3-10,12H,1-2H3,(H2,19,26). The molecule has 0 saturated carbocycles. The molecule has 0 bridgehead atoms. The molecule has 1 unspecified atom stereocenters. The van der Waals surface area contributed by atoms with Gasteiger partial charge < -0.3 is 5.73 Å². The van der Waals surface area contributed by atoms with Gasteiger partial charge in [-0.05, 0) is 19.9 Å². The molecule has 4 rings (SSSR count). The molecule has 3 heterocycles. The summed E-state index contributed by atoms with van der Waals surface area (Å²) in [7, 11) is 0. The SMILES string of the molecule is Cc1nc(C(N)=O)nc2nn(C(C)n3cccn3)c(-c3ccccc3)c12. The normalized spacial score (nSPS) is 12.4. The van der Waals surface area contributed by atoms with Crippen LogP contribution >= 0.6 is 0 Å². The van der Waals surface area contributed by atoms with E-state index in [1.165, 1.54) is 0 Å². The van der Waals surface area contributed by atoms with Crippen LogP contribution in [0.4, 0.5) is 0 Å². The van der Waals surface area contributed by atoms with Gasteiger partial charge in [0.1, 0.15) is 6.17 Å². The minimum atomic E-state index is -0.675. The van der Waals surface area contributed by atoms with E-state index in [1.807, 2.05) is 61.1 Å². The number of carbonyl (C=O) groups is 1. The predicted octanol–water partition coefficient (Wildman–Crippen LogP) is 2.16. The number of primary amides is 1. The van der Waals surface area contributed by atoms with E-state index in [-0.39, 0.29) is 12.0 Å². The summed E-state index contributed by atoms with van der Waals surface area (Å²) in [6.45, 7) is 3.82. The fraction of sp³-hybridized carbons (Fsp3) is 0.167. The molecule has 1 atom stereocenters. The maximum atomic E-state index is 11.5. The van der Waals surface area contributed by atoms with Crippen molar-refractivity contribution in [2.24, 2.45) is 5.73 Å². The first-order chi connectivity index (χ1) is 12.6. The van der Waals surface area contributed by atoms with Gasteiger partial charge in [0.25, 0.3) is 5.91 Å². The van der Waals surface area contributed by atoms with E-state index in [4.69, 9.17) is 5.73 Å². The van der Waals surface area contributed by atoms with Gasteiger partial charge in [-0.15, -0.1) is 5.10 Å². The van der Waals surface area contributed by atoms with Crippen molar-refractivity contribution < 1.29 is 4.79 Å². The number of nitrogens with zero attached hydrogens (tertiary/aromatic N) is 6. The van der Waals surface area contributed by atoms with Gasteiger partial charge in [-0.25, -0.2) is 19.3 Å². The van der Waals surface area contributed by atoms with E-state index >= 15 is 0 Å². The van der Waals surface area contributed by atoms with Crippen LogP contribution in [0.1, 0.15) is 29.4 Å². The number of nitrogens with two attached hydrogens (primary N) is 1. The Hall–Kier alpha value is -3.55. The van der Waals surface area contributed by atoms with Crippen molar-refractivity contribution >= 4 is 16.9 Å². The molecule has 130 valence electrons. The predicted molar refractivity (Wildman–Crippen MR) is 96.3 cm³/mol. The Morgan fingerprint density at radius 3 is 2.58 bits per heavy atom. The lowest BCUT2D eigenvalue weighted by Gasteiger charge is -2.16. The van der Waals surface area contributed by atoms with Gasteiger partial charge in [0, 0.05) is 18.0 Å². The van der Waals surface area contributed by atoms with Crippen LogP contribution in [0.15, 0.2) is 48.8 Å². The molecule has 8 nitrogen and oxygen atoms in total. The Morgan fingerprint density at radius 2 is 1.92 bits per heavy atom. The van der Waals surface area contributed by atoms with E-state index in [0.717, 1.165) is 16.6 Å². The monoisotopic (exact) mass is 347 g/mol. The highest BCUT2D eigenvalue weighted by Gasteiger charge is 2.23. The molecule has 4 aromatic rings. The summed E-state index contributed by atoms with van der Waals surface area (Å²) in [4.78, 5) is 20.0. The highest BCUT2D eigenvalue weighted by molar-refractivity contribution is 5.96. The van der Waals surface area contributed by atoms with Gasteiger partial charge in [-0.2, -0.15) is 5.10 Å². The summed E-state index contributed by atoms with van der Waals surface area (Å²) in [5, 5.41) is 9.75. The van der Waals surface area contributed by atoms with E-state index in [2.05, 4.69) is 20.2 Å². The minimum absolute atomic E-state index is 0.0361. The number of hydrogen-bond donors (Lipinski definition) is 1. The van der Waals surface area contributed by atoms with Gasteiger partial charge in [0.15, 0.2) is 5.65 Å². The summed E-state index contributed by atoms with van der Waals surface area (Å²) in [6, 6.07) is 11.8. The van der Waals surface area contributed by atoms with E-state index in [1.54, 1.807) is 10.9 Å². The number of aryl methyl sites for hydroxylation is 1. The molecule has 8 heteroatoms. The highest BCUT2D eigenvalue weighted by Crippen LogP contribution is 2.32. The minimum Gasteiger partial charge on any atom is -0.363 e. The van der Waals surface area contributed by atoms with Crippen LogP contribution in [0, 0.1) is 6.92 Å². The Kier molecular flexibility index (Phi) is 3.72. The lowest BCUT2D eigenvalue weighted by atomic mass is 10.1. The second-order valence-electron chi connectivity index (χ2n) is 5.97. The van der Waals surface area contributed by atoms with Gasteiger partial charge >= 0.3 is 0 Å². The maximum Gasteiger partial charge on any atom is 0.286 e. The van der Waals surface area contributed by atoms with Crippen LogP contribution in [-0.4, -0.2) is 35.4 Å². The third-order valence-corrected chi connectivity index (χ3v) is 4.27. The zero-order valence-corrected chi connectivity index (χ0v) is 14.4. The second-order valence-corrected chi connectivity index (χ2v) is 5.97. The maximum absolute atomic E-state index is 11.5. The first kappa shape index (κ1) is 15.9. The molecule has 2 N–H and O–H groups in total. The molecule has 0 aliphatic heterocycles. The molecule has 0 spiro atoms. The molecule has 0 aliphatic rings. The van der Waals surface area contributed by atoms with Crippen molar-refractivity contribution in [3.63, 3.8) is 0 Å². The van der Waals surface area contributed by atoms with Crippen LogP contribution in [0.2, 0.25) is 0 Å². The van der Waals surface area contributed by atoms with E-state index < -0.39 is 5.91 Å². The number of rotatable bonds is 4. The molecular weight excluding hydrogens is 330 g/mol. The fourth-order valence-corrected chi connectivity index (χ4v) is 3.04. The number of fused-ring (bicyclic) bond motifs is 1. The van der Waals surface area contributed by atoms with Crippen LogP contribution in [-0.2, 0) is 0 Å². The molecule has 0 radical (unpaired) electrons. The Bertz CT molecular complexity index is 1080. The summed E-state index contributed by atoms with van der Waals surface area (Å²) in [5.41, 5.74) is 8.29. The van der Waals surface area contributed by atoms with Crippen molar-refractivity contribution in [2.45, 2.75) is 20.0 Å². The summed E-state index contributed by atoms with van der Waals surface area (Å²) >= 11 is 0. The van der Waals surface area contributed by atoms with Gasteiger partial charge in [-0.3, -0.25) is 4.79 Å². The van der Waals surface area contributed by atoms with Gasteiger partial charge in [0.05, 0.1) is 16.8 Å². The van der Waals surface area contributed by atoms with E-state index in [0.29, 0.717) is 11.3 Å². The number of aromatic nitrogens is 6. The third kappa shape index (κ3) is 2.52. The van der Waals surface area contributed by atoms with E-state index in [9.17, 15) is 4.79 Å². The molecule has 1 amide bonds. The molecule has 0 saturated heterocycles. The van der Waals surface area contributed by atoms with Crippen LogP contribution in [0.25, 0.3) is 22.3 Å². The first-order valence-corrected chi connectivity index (χ1v) is 8.17. The van der Waals surface area contributed by atoms with Crippen LogP contribution < -0.4 is 5.73 Å². The lowest BCUT2D eigenvalue weighted by Crippen LogP contribution is -2.17. The smallest absolute Gasteiger partial charge is 0.286 e. The second kappa shape index (κ2) is 6.07. The highest BCUT2D eigenvalue weighted by atomic mass is 16.1. The largest absolute Gasteiger partial charge is 0.363 e. The third-order valence-electron chi connectivity index (χ3n) is 4.27. The topological polar surface area (TPSA) is 105 Å². The van der Waals surface area contributed by atoms with Crippen molar-refractivity contribution in [3.05, 3.63) is 60.3 Å². The fourth-order valence-electron chi connectivity index (χ4n) is 3.04. The van der Waals surface area contributed by atoms with Crippen molar-refractivity contribution in [1.82, 2.24) is 29.5 Å². The van der Waals surface area contributed by atoms with Crippen LogP contribution in [0.3, 0.4) is 0 Å². The molecular formula is C18H17N7O. The van der Waals surface area contributed by atoms with Crippen LogP contribution in [0.5, 0.6) is 0 Å². The van der Waals surface area contributed by atoms with Crippen molar-refractivity contribution in [1.29, 1.82) is 0 Å². The number of benzene rings is 1. The van der Waals surface area contributed by atoms with Gasteiger partial charge in [-0.1, -0.05) is 30.3 Å². The average Bonchev–Trinajstić information content (AvgIpc) is 3.29. The molecule has 1 aromatic carbocycles. The lowest BCUT2D eigenvalue weighted by molar-refractivity contribution is 0.0990. The quantitative estimate of drug-likeness (QED) is 0.609. The zero-order valence-electron chi connectivity index (χ0n) is 14.4. The molecule has 26 heavy (non-hydrogen) atoms. The Labute approximate surface area is 149 Å². The number of carbonyl (C=O) groups excluding carboxylic acids is 1. The molecule has 0 aliphatic carbocycles. The van der Waals surface area contributed by atoms with Gasteiger partial charge in [0.2, 0.25) is 5.82 Å². The Morgan fingerprint density at radius 1 is 1.15 bits per heavy atom. The average molecular weight is 347 g/mol. The summed E-state index contributed by atoms with van der Waals surface area (Å²) in [6.07, 6.45) is 3.41. The number of hydrogen-bond acceptors (Lipinski definition) is 5. The van der Waals surface area contributed by atoms with Crippen molar-refractivity contribution in [2.75, 3.05) is 0 Å². The molecule has 3 aromatic heterocycles. The van der Waals surface area contributed by atoms with Crippen molar-refractivity contribution in [3.8, 4) is 11.3 Å². The summed E-state index contributed by atoms with van der Waals surface area (Å²) in [5.74, 6) is -0.711. The summed E-state index contributed by atoms with van der Waals surface area (Å²) < 4.78 is 3.65. The number of amides is 1. The molecule has 0 fully saturated rings. The Balaban J connectivity index is 2.04. The first-order valence-electron chi connectivity index (χ1n) is 8.17.